The van der Waals surface area contributed by atoms with Crippen molar-refractivity contribution in [3.8, 4) is 0 Å². The minimum atomic E-state index is 0.914. The van der Waals surface area contributed by atoms with Crippen molar-refractivity contribution in [3.63, 3.8) is 0 Å². The van der Waals surface area contributed by atoms with Crippen molar-refractivity contribution in [1.82, 2.24) is 0 Å². The number of thiophene rings is 2. The summed E-state index contributed by atoms with van der Waals surface area (Å²) in [6.45, 7) is 4.31. The van der Waals surface area contributed by atoms with Crippen molar-refractivity contribution in [2.45, 2.75) is 13.8 Å². The molecule has 0 unspecified atom stereocenters. The number of para-hydroxylation sites is 1. The molecule has 10 rings (SSSR count). The first kappa shape index (κ1) is 29.3. The van der Waals surface area contributed by atoms with Crippen LogP contribution in [0.4, 0.5) is 28.4 Å². The van der Waals surface area contributed by atoms with Gasteiger partial charge in [-0.05, 0) is 98.3 Å². The maximum absolute atomic E-state index is 6.09. The van der Waals surface area contributed by atoms with E-state index in [-0.39, 0.29) is 0 Å². The van der Waals surface area contributed by atoms with Gasteiger partial charge in [0.1, 0.15) is 11.2 Å². The molecule has 0 aliphatic rings. The van der Waals surface area contributed by atoms with E-state index in [1.165, 1.54) is 51.5 Å². The van der Waals surface area contributed by atoms with Gasteiger partial charge in [0, 0.05) is 86.6 Å². The largest absolute Gasteiger partial charge is 0.456 e. The Labute approximate surface area is 297 Å². The van der Waals surface area contributed by atoms with E-state index in [4.69, 9.17) is 4.42 Å². The van der Waals surface area contributed by atoms with Crippen LogP contribution in [0.5, 0.6) is 0 Å². The van der Waals surface area contributed by atoms with Gasteiger partial charge in [0.05, 0.1) is 0 Å². The van der Waals surface area contributed by atoms with Gasteiger partial charge in [0.25, 0.3) is 0 Å². The Hall–Kier alpha value is -5.62. The molecule has 0 aliphatic carbocycles. The molecular formula is C45H32N2OS2. The van der Waals surface area contributed by atoms with Crippen LogP contribution in [0.3, 0.4) is 0 Å². The number of furan rings is 1. The first-order chi connectivity index (χ1) is 24.5. The first-order valence-electron chi connectivity index (χ1n) is 16.9. The lowest BCUT2D eigenvalue weighted by Gasteiger charge is -2.26. The summed E-state index contributed by atoms with van der Waals surface area (Å²) in [5, 5.41) is 7.50. The van der Waals surface area contributed by atoms with Crippen LogP contribution in [-0.4, -0.2) is 7.05 Å². The summed E-state index contributed by atoms with van der Waals surface area (Å²) in [7, 11) is 2.14. The number of hydrogen-bond donors (Lipinski definition) is 0. The summed E-state index contributed by atoms with van der Waals surface area (Å²) in [5.41, 5.74) is 10.1. The second kappa shape index (κ2) is 11.2. The second-order valence-corrected chi connectivity index (χ2v) is 15.4. The molecule has 3 nitrogen and oxygen atoms in total. The second-order valence-electron chi connectivity index (χ2n) is 13.3. The lowest BCUT2D eigenvalue weighted by Crippen LogP contribution is -2.09. The number of rotatable bonds is 5. The van der Waals surface area contributed by atoms with Crippen LogP contribution in [0.1, 0.15) is 11.1 Å². The zero-order valence-corrected chi connectivity index (χ0v) is 29.5. The van der Waals surface area contributed by atoms with Crippen LogP contribution in [-0.2, 0) is 0 Å². The third-order valence-electron chi connectivity index (χ3n) is 10.00. The highest BCUT2D eigenvalue weighted by Gasteiger charge is 2.18. The van der Waals surface area contributed by atoms with Crippen LogP contribution in [0, 0.1) is 13.8 Å². The van der Waals surface area contributed by atoms with Gasteiger partial charge in [-0.3, -0.25) is 0 Å². The number of benzene rings is 7. The smallest absolute Gasteiger partial charge is 0.135 e. The number of anilines is 5. The standard InChI is InChI=1S/C45H32N2OS2/c1-27-8-11-29(12-9-27)47(32-14-19-37-35-17-10-28(2)22-42(35)49-44(37)25-32)33-15-20-38-36-18-13-31(24-43(36)50-45(38)26-33)46(3)30-16-21-41-39(23-30)34-6-4-5-7-40(34)48-41/h4-26H,1-3H3. The van der Waals surface area contributed by atoms with E-state index >= 15 is 0 Å². The van der Waals surface area contributed by atoms with Crippen LogP contribution in [0.15, 0.2) is 144 Å². The van der Waals surface area contributed by atoms with Gasteiger partial charge in [0.2, 0.25) is 0 Å². The summed E-state index contributed by atoms with van der Waals surface area (Å²) < 4.78 is 11.3. The molecule has 0 saturated carbocycles. The molecule has 0 atom stereocenters. The molecule has 0 spiro atoms. The van der Waals surface area contributed by atoms with Gasteiger partial charge in [-0.25, -0.2) is 0 Å². The molecule has 240 valence electrons. The van der Waals surface area contributed by atoms with Gasteiger partial charge >= 0.3 is 0 Å². The monoisotopic (exact) mass is 680 g/mol. The van der Waals surface area contributed by atoms with Gasteiger partial charge < -0.3 is 14.2 Å². The van der Waals surface area contributed by atoms with Crippen molar-refractivity contribution in [2.24, 2.45) is 0 Å². The van der Waals surface area contributed by atoms with E-state index in [1.807, 2.05) is 34.8 Å². The summed E-state index contributed by atoms with van der Waals surface area (Å²) in [6, 6.07) is 51.1. The lowest BCUT2D eigenvalue weighted by atomic mass is 10.1. The fraction of sp³-hybridized carbons (Fsp3) is 0.0667. The number of fused-ring (bicyclic) bond motifs is 9. The number of hydrogen-bond acceptors (Lipinski definition) is 5. The lowest BCUT2D eigenvalue weighted by molar-refractivity contribution is 0.669. The van der Waals surface area contributed by atoms with Gasteiger partial charge in [-0.2, -0.15) is 0 Å². The molecule has 0 N–H and O–H groups in total. The third kappa shape index (κ3) is 4.69. The molecule has 0 aliphatic heterocycles. The molecule has 5 heteroatoms. The van der Waals surface area contributed by atoms with E-state index in [0.717, 1.165) is 50.4 Å². The number of aryl methyl sites for hydroxylation is 2. The molecule has 50 heavy (non-hydrogen) atoms. The highest BCUT2D eigenvalue weighted by molar-refractivity contribution is 7.26. The van der Waals surface area contributed by atoms with Crippen LogP contribution in [0.25, 0.3) is 62.3 Å². The Kier molecular flexibility index (Phi) is 6.57. The maximum Gasteiger partial charge on any atom is 0.135 e. The minimum absolute atomic E-state index is 0.914. The molecular weight excluding hydrogens is 649 g/mol. The Morgan fingerprint density at radius 1 is 0.400 bits per heavy atom. The molecule has 0 saturated heterocycles. The molecule has 0 amide bonds. The van der Waals surface area contributed by atoms with Crippen LogP contribution in [0.2, 0.25) is 0 Å². The Balaban J connectivity index is 1.06. The number of nitrogens with zero attached hydrogens (tertiary/aromatic N) is 2. The fourth-order valence-corrected chi connectivity index (χ4v) is 9.74. The van der Waals surface area contributed by atoms with E-state index in [0.29, 0.717) is 0 Å². The summed E-state index contributed by atoms with van der Waals surface area (Å²) in [4.78, 5) is 4.66. The molecule has 10 aromatic rings. The Morgan fingerprint density at radius 2 is 0.880 bits per heavy atom. The van der Waals surface area contributed by atoms with E-state index in [1.54, 1.807) is 0 Å². The summed E-state index contributed by atoms with van der Waals surface area (Å²) >= 11 is 3.73. The van der Waals surface area contributed by atoms with Crippen LogP contribution >= 0.6 is 22.7 Å². The van der Waals surface area contributed by atoms with Crippen molar-refractivity contribution < 1.29 is 4.42 Å². The Bertz CT molecular complexity index is 2930. The fourth-order valence-electron chi connectivity index (χ4n) is 7.33. The molecule has 0 fully saturated rings. The summed E-state index contributed by atoms with van der Waals surface area (Å²) in [5.74, 6) is 0. The first-order valence-corrected chi connectivity index (χ1v) is 18.5. The zero-order valence-electron chi connectivity index (χ0n) is 27.9. The highest BCUT2D eigenvalue weighted by Crippen LogP contribution is 2.44. The predicted octanol–water partition coefficient (Wildman–Crippen LogP) is 14.2. The maximum atomic E-state index is 6.09. The summed E-state index contributed by atoms with van der Waals surface area (Å²) in [6.07, 6.45) is 0. The quantitative estimate of drug-likeness (QED) is 0.180. The molecule has 7 aromatic carbocycles. The highest BCUT2D eigenvalue weighted by atomic mass is 32.1. The third-order valence-corrected chi connectivity index (χ3v) is 12.2. The van der Waals surface area contributed by atoms with E-state index < -0.39 is 0 Å². The van der Waals surface area contributed by atoms with Gasteiger partial charge in [-0.15, -0.1) is 22.7 Å². The van der Waals surface area contributed by atoms with Crippen molar-refractivity contribution >= 4 is 113 Å². The van der Waals surface area contributed by atoms with Crippen molar-refractivity contribution in [1.29, 1.82) is 0 Å². The van der Waals surface area contributed by atoms with Gasteiger partial charge in [0.15, 0.2) is 0 Å². The zero-order chi connectivity index (χ0) is 33.5. The molecule has 3 heterocycles. The van der Waals surface area contributed by atoms with Crippen molar-refractivity contribution in [3.05, 3.63) is 151 Å². The average Bonchev–Trinajstić information content (AvgIpc) is 3.81. The topological polar surface area (TPSA) is 19.6 Å². The molecule has 3 aromatic heterocycles. The molecule has 0 bridgehead atoms. The predicted molar refractivity (Wildman–Crippen MR) is 218 cm³/mol. The minimum Gasteiger partial charge on any atom is -0.456 e. The van der Waals surface area contributed by atoms with Crippen molar-refractivity contribution in [2.75, 3.05) is 16.8 Å². The Morgan fingerprint density at radius 3 is 1.56 bits per heavy atom. The van der Waals surface area contributed by atoms with E-state index in [2.05, 4.69) is 158 Å². The SMILES string of the molecule is Cc1ccc(N(c2ccc3c(c2)sc2cc(C)ccc23)c2ccc3c(c2)sc2cc(N(C)c4ccc5oc6ccccc6c5c4)ccc23)cc1. The van der Waals surface area contributed by atoms with Gasteiger partial charge in [-0.1, -0.05) is 66.2 Å². The normalized spacial score (nSPS) is 11.9. The van der Waals surface area contributed by atoms with Crippen LogP contribution < -0.4 is 9.80 Å². The van der Waals surface area contributed by atoms with E-state index in [9.17, 15) is 0 Å². The average molecular weight is 681 g/mol. The molecule has 0 radical (unpaired) electrons.